The zero-order valence-corrected chi connectivity index (χ0v) is 12.7. The van der Waals surface area contributed by atoms with Crippen molar-refractivity contribution in [1.29, 1.82) is 0 Å². The second kappa shape index (κ2) is 6.19. The monoisotopic (exact) mass is 291 g/mol. The quantitative estimate of drug-likeness (QED) is 0.798. The van der Waals surface area contributed by atoms with E-state index in [1.807, 2.05) is 18.7 Å². The van der Waals surface area contributed by atoms with Crippen LogP contribution in [-0.2, 0) is 16.0 Å². The second-order valence-electron chi connectivity index (χ2n) is 5.46. The molecule has 108 valence electrons. The van der Waals surface area contributed by atoms with Gasteiger partial charge in [0.1, 0.15) is 6.04 Å². The van der Waals surface area contributed by atoms with Crippen LogP contribution in [0.1, 0.15) is 25.3 Å². The highest BCUT2D eigenvalue weighted by atomic mass is 32.2. The van der Waals surface area contributed by atoms with Gasteiger partial charge in [0.15, 0.2) is 0 Å². The van der Waals surface area contributed by atoms with Crippen LogP contribution in [-0.4, -0.2) is 41.9 Å². The molecule has 2 heterocycles. The summed E-state index contributed by atoms with van der Waals surface area (Å²) in [4.78, 5) is 15.7. The molecule has 1 fully saturated rings. The van der Waals surface area contributed by atoms with Crippen LogP contribution in [0.2, 0.25) is 0 Å². The Morgan fingerprint density at radius 2 is 2.30 bits per heavy atom. The van der Waals surface area contributed by atoms with Gasteiger partial charge in [0.25, 0.3) is 0 Å². The Bertz CT molecular complexity index is 466. The van der Waals surface area contributed by atoms with E-state index in [1.165, 1.54) is 10.5 Å². The first-order valence-corrected chi connectivity index (χ1v) is 8.31. The molecule has 0 spiro atoms. The number of fused-ring (bicyclic) bond motifs is 1. The fourth-order valence-electron chi connectivity index (χ4n) is 3.17. The Kier molecular flexibility index (Phi) is 4.32. The van der Waals surface area contributed by atoms with Crippen LogP contribution in [0.25, 0.3) is 0 Å². The normalized spacial score (nSPS) is 25.6. The third-order valence-electron chi connectivity index (χ3n) is 4.07. The van der Waals surface area contributed by atoms with E-state index in [4.69, 9.17) is 4.74 Å². The maximum atomic E-state index is 12.0. The van der Waals surface area contributed by atoms with Crippen molar-refractivity contribution in [2.45, 2.75) is 42.4 Å². The highest BCUT2D eigenvalue weighted by Gasteiger charge is 2.34. The summed E-state index contributed by atoms with van der Waals surface area (Å²) in [7, 11) is 0. The van der Waals surface area contributed by atoms with Crippen molar-refractivity contribution in [2.75, 3.05) is 19.7 Å². The average Bonchev–Trinajstić information content (AvgIpc) is 3.05. The van der Waals surface area contributed by atoms with Gasteiger partial charge in [-0.15, -0.1) is 11.8 Å². The lowest BCUT2D eigenvalue weighted by Crippen LogP contribution is -2.40. The van der Waals surface area contributed by atoms with Crippen LogP contribution in [0.5, 0.6) is 0 Å². The second-order valence-corrected chi connectivity index (χ2v) is 6.80. The Labute approximate surface area is 124 Å². The summed E-state index contributed by atoms with van der Waals surface area (Å²) in [5, 5.41) is 0.572. The molecule has 2 aliphatic heterocycles. The third-order valence-corrected chi connectivity index (χ3v) is 5.38. The standard InChI is InChI=1S/C16H21NO2S/c1-2-19-16(18)14-7-5-9-17(14)11-13-10-12-6-3-4-8-15(12)20-13/h3-4,6,8,13-14H,2,5,7,9-11H2,1H3. The number of rotatable bonds is 4. The minimum Gasteiger partial charge on any atom is -0.465 e. The SMILES string of the molecule is CCOC(=O)C1CCCN1CC1Cc2ccccc2S1. The zero-order chi connectivity index (χ0) is 13.9. The summed E-state index contributed by atoms with van der Waals surface area (Å²) in [6.45, 7) is 4.37. The van der Waals surface area contributed by atoms with Crippen molar-refractivity contribution in [2.24, 2.45) is 0 Å². The summed E-state index contributed by atoms with van der Waals surface area (Å²) in [6.07, 6.45) is 3.17. The van der Waals surface area contributed by atoms with E-state index in [-0.39, 0.29) is 12.0 Å². The van der Waals surface area contributed by atoms with Crippen LogP contribution in [0.4, 0.5) is 0 Å². The van der Waals surface area contributed by atoms with Gasteiger partial charge in [0.05, 0.1) is 6.61 Å². The summed E-state index contributed by atoms with van der Waals surface area (Å²) >= 11 is 1.96. The molecule has 4 heteroatoms. The number of likely N-dealkylation sites (tertiary alicyclic amines) is 1. The molecule has 0 radical (unpaired) electrons. The molecule has 1 saturated heterocycles. The minimum atomic E-state index is -0.0366. The lowest BCUT2D eigenvalue weighted by molar-refractivity contribution is -0.148. The molecular formula is C16H21NO2S. The van der Waals surface area contributed by atoms with Gasteiger partial charge in [-0.1, -0.05) is 18.2 Å². The van der Waals surface area contributed by atoms with Crippen molar-refractivity contribution < 1.29 is 9.53 Å². The van der Waals surface area contributed by atoms with Gasteiger partial charge >= 0.3 is 5.97 Å². The summed E-state index contributed by atoms with van der Waals surface area (Å²) in [5.41, 5.74) is 1.45. The van der Waals surface area contributed by atoms with Gasteiger partial charge in [0.2, 0.25) is 0 Å². The first kappa shape index (κ1) is 14.0. The van der Waals surface area contributed by atoms with Gasteiger partial charge < -0.3 is 4.74 Å². The van der Waals surface area contributed by atoms with Crippen molar-refractivity contribution in [3.63, 3.8) is 0 Å². The number of hydrogen-bond donors (Lipinski definition) is 0. The molecule has 0 aliphatic carbocycles. The van der Waals surface area contributed by atoms with Crippen LogP contribution >= 0.6 is 11.8 Å². The van der Waals surface area contributed by atoms with Crippen molar-refractivity contribution >= 4 is 17.7 Å². The molecule has 2 atom stereocenters. The highest BCUT2D eigenvalue weighted by molar-refractivity contribution is 8.00. The molecule has 2 aliphatic rings. The number of benzene rings is 1. The number of esters is 1. The smallest absolute Gasteiger partial charge is 0.323 e. The van der Waals surface area contributed by atoms with E-state index >= 15 is 0 Å². The van der Waals surface area contributed by atoms with Gasteiger partial charge in [-0.05, 0) is 44.4 Å². The molecule has 1 aromatic carbocycles. The molecule has 0 amide bonds. The summed E-state index contributed by atoms with van der Waals surface area (Å²) in [5.74, 6) is -0.0366. The maximum absolute atomic E-state index is 12.0. The number of thioether (sulfide) groups is 1. The molecule has 0 N–H and O–H groups in total. The van der Waals surface area contributed by atoms with Gasteiger partial charge in [-0.25, -0.2) is 0 Å². The molecule has 20 heavy (non-hydrogen) atoms. The Balaban J connectivity index is 1.60. The topological polar surface area (TPSA) is 29.5 Å². The zero-order valence-electron chi connectivity index (χ0n) is 11.9. The third kappa shape index (κ3) is 2.86. The molecule has 0 bridgehead atoms. The van der Waals surface area contributed by atoms with E-state index in [1.54, 1.807) is 0 Å². The number of carbonyl (C=O) groups is 1. The van der Waals surface area contributed by atoms with Crippen LogP contribution in [0.15, 0.2) is 29.2 Å². The van der Waals surface area contributed by atoms with Crippen LogP contribution < -0.4 is 0 Å². The predicted molar refractivity (Wildman–Crippen MR) is 81.0 cm³/mol. The highest BCUT2D eigenvalue weighted by Crippen LogP contribution is 2.37. The van der Waals surface area contributed by atoms with Gasteiger partial charge in [0, 0.05) is 16.7 Å². The summed E-state index contributed by atoms with van der Waals surface area (Å²) in [6, 6.07) is 8.62. The maximum Gasteiger partial charge on any atom is 0.323 e. The number of hydrogen-bond acceptors (Lipinski definition) is 4. The van der Waals surface area contributed by atoms with Crippen LogP contribution in [0, 0.1) is 0 Å². The fourth-order valence-corrected chi connectivity index (χ4v) is 4.52. The predicted octanol–water partition coefficient (Wildman–Crippen LogP) is 2.73. The first-order chi connectivity index (χ1) is 9.78. The largest absolute Gasteiger partial charge is 0.465 e. The average molecular weight is 291 g/mol. The van der Waals surface area contributed by atoms with Crippen LogP contribution in [0.3, 0.4) is 0 Å². The molecule has 0 aromatic heterocycles. The Morgan fingerprint density at radius 3 is 3.10 bits per heavy atom. The van der Waals surface area contributed by atoms with E-state index in [0.29, 0.717) is 11.9 Å². The molecular weight excluding hydrogens is 270 g/mol. The van der Waals surface area contributed by atoms with Gasteiger partial charge in [-0.2, -0.15) is 0 Å². The molecule has 2 unspecified atom stereocenters. The van der Waals surface area contributed by atoms with Crippen molar-refractivity contribution in [3.8, 4) is 0 Å². The number of nitrogens with zero attached hydrogens (tertiary/aromatic N) is 1. The lowest BCUT2D eigenvalue weighted by atomic mass is 10.1. The number of ether oxygens (including phenoxy) is 1. The Hall–Kier alpha value is -1.00. The van der Waals surface area contributed by atoms with E-state index in [0.717, 1.165) is 32.4 Å². The van der Waals surface area contributed by atoms with E-state index in [9.17, 15) is 4.79 Å². The van der Waals surface area contributed by atoms with E-state index < -0.39 is 0 Å². The van der Waals surface area contributed by atoms with Crippen molar-refractivity contribution in [1.82, 2.24) is 4.90 Å². The molecule has 0 saturated carbocycles. The molecule has 3 nitrogen and oxygen atoms in total. The molecule has 3 rings (SSSR count). The van der Waals surface area contributed by atoms with Gasteiger partial charge in [-0.3, -0.25) is 9.69 Å². The fraction of sp³-hybridized carbons (Fsp3) is 0.562. The minimum absolute atomic E-state index is 0.0146. The first-order valence-electron chi connectivity index (χ1n) is 7.43. The van der Waals surface area contributed by atoms with E-state index in [2.05, 4.69) is 29.2 Å². The van der Waals surface area contributed by atoms with Crippen molar-refractivity contribution in [3.05, 3.63) is 29.8 Å². The lowest BCUT2D eigenvalue weighted by Gasteiger charge is -2.25. The molecule has 1 aromatic rings. The Morgan fingerprint density at radius 1 is 1.45 bits per heavy atom. The summed E-state index contributed by atoms with van der Waals surface area (Å²) < 4.78 is 5.19. The number of carbonyl (C=O) groups excluding carboxylic acids is 1.